The Bertz CT molecular complexity index is 456. The lowest BCUT2D eigenvalue weighted by atomic mass is 10.0. The highest BCUT2D eigenvalue weighted by molar-refractivity contribution is 5.56. The van der Waals surface area contributed by atoms with E-state index in [1.54, 1.807) is 12.1 Å². The molecular formula is C17H27FN2O. The Morgan fingerprint density at radius 1 is 1.33 bits per heavy atom. The molecule has 3 unspecified atom stereocenters. The van der Waals surface area contributed by atoms with Crippen LogP contribution in [0, 0.1) is 5.82 Å². The van der Waals surface area contributed by atoms with E-state index >= 15 is 0 Å². The average molecular weight is 294 g/mol. The summed E-state index contributed by atoms with van der Waals surface area (Å²) in [7, 11) is 0. The van der Waals surface area contributed by atoms with Crippen molar-refractivity contribution in [3.63, 3.8) is 0 Å². The molecule has 0 spiro atoms. The van der Waals surface area contributed by atoms with Gasteiger partial charge in [-0.25, -0.2) is 4.39 Å². The van der Waals surface area contributed by atoms with Crippen molar-refractivity contribution in [3.8, 4) is 0 Å². The van der Waals surface area contributed by atoms with Crippen LogP contribution in [-0.2, 0) is 4.74 Å². The van der Waals surface area contributed by atoms with Gasteiger partial charge in [0.05, 0.1) is 12.2 Å². The fraction of sp³-hybridized carbons (Fsp3) is 0.647. The summed E-state index contributed by atoms with van der Waals surface area (Å²) in [5, 5.41) is 3.39. The first kappa shape index (κ1) is 16.2. The molecule has 0 radical (unpaired) electrons. The van der Waals surface area contributed by atoms with Gasteiger partial charge in [0.2, 0.25) is 0 Å². The number of benzene rings is 1. The van der Waals surface area contributed by atoms with E-state index in [4.69, 9.17) is 4.74 Å². The highest BCUT2D eigenvalue weighted by Gasteiger charge is 2.26. The number of halogens is 1. The summed E-state index contributed by atoms with van der Waals surface area (Å²) in [6.07, 6.45) is 1.38. The highest BCUT2D eigenvalue weighted by Crippen LogP contribution is 2.31. The van der Waals surface area contributed by atoms with Crippen LogP contribution in [0.15, 0.2) is 18.2 Å². The maximum absolute atomic E-state index is 14.4. The summed E-state index contributed by atoms with van der Waals surface area (Å²) in [6, 6.07) is 5.38. The Hall–Kier alpha value is -1.13. The van der Waals surface area contributed by atoms with E-state index in [0.717, 1.165) is 37.3 Å². The summed E-state index contributed by atoms with van der Waals surface area (Å²) in [6.45, 7) is 10.8. The Morgan fingerprint density at radius 3 is 2.62 bits per heavy atom. The van der Waals surface area contributed by atoms with E-state index in [2.05, 4.69) is 31.0 Å². The Balaban J connectivity index is 2.28. The minimum Gasteiger partial charge on any atom is -0.372 e. The van der Waals surface area contributed by atoms with Crippen LogP contribution in [0.1, 0.15) is 45.7 Å². The third-order valence-corrected chi connectivity index (χ3v) is 3.92. The molecule has 1 heterocycles. The van der Waals surface area contributed by atoms with Gasteiger partial charge < -0.3 is 15.0 Å². The number of hydrogen-bond acceptors (Lipinski definition) is 3. The third-order valence-electron chi connectivity index (χ3n) is 3.92. The van der Waals surface area contributed by atoms with Crippen molar-refractivity contribution in [2.75, 3.05) is 24.5 Å². The van der Waals surface area contributed by atoms with E-state index in [-0.39, 0.29) is 24.1 Å². The predicted octanol–water partition coefficient (Wildman–Crippen LogP) is 3.50. The molecule has 1 aliphatic heterocycles. The lowest BCUT2D eigenvalue weighted by molar-refractivity contribution is -0.00530. The number of nitrogens with one attached hydrogen (secondary N) is 1. The van der Waals surface area contributed by atoms with Crippen LogP contribution in [0.2, 0.25) is 0 Å². The van der Waals surface area contributed by atoms with Gasteiger partial charge >= 0.3 is 0 Å². The molecule has 1 aromatic carbocycles. The van der Waals surface area contributed by atoms with Gasteiger partial charge in [-0.15, -0.1) is 0 Å². The molecule has 1 aliphatic rings. The molecule has 118 valence electrons. The number of morpholine rings is 1. The minimum absolute atomic E-state index is 0.00890. The van der Waals surface area contributed by atoms with Crippen LogP contribution in [0.4, 0.5) is 10.1 Å². The van der Waals surface area contributed by atoms with Gasteiger partial charge in [-0.1, -0.05) is 13.0 Å². The third kappa shape index (κ3) is 3.95. The molecule has 3 nitrogen and oxygen atoms in total. The van der Waals surface area contributed by atoms with E-state index in [1.807, 2.05) is 13.0 Å². The van der Waals surface area contributed by atoms with Crippen molar-refractivity contribution >= 4 is 5.69 Å². The van der Waals surface area contributed by atoms with Crippen LogP contribution in [0.3, 0.4) is 0 Å². The second-order valence-electron chi connectivity index (χ2n) is 6.01. The topological polar surface area (TPSA) is 24.5 Å². The number of nitrogens with zero attached hydrogens (tertiary/aromatic N) is 1. The van der Waals surface area contributed by atoms with Crippen molar-refractivity contribution in [3.05, 3.63) is 29.6 Å². The SMILES string of the molecule is CCCNC(C)c1c(F)cccc1N1CC(C)OC(C)C1. The van der Waals surface area contributed by atoms with Gasteiger partial charge in [-0.05, 0) is 45.9 Å². The van der Waals surface area contributed by atoms with Gasteiger partial charge in [0.25, 0.3) is 0 Å². The molecule has 1 fully saturated rings. The zero-order valence-electron chi connectivity index (χ0n) is 13.5. The van der Waals surface area contributed by atoms with Crippen LogP contribution >= 0.6 is 0 Å². The second-order valence-corrected chi connectivity index (χ2v) is 6.01. The molecule has 1 saturated heterocycles. The Labute approximate surface area is 127 Å². The van der Waals surface area contributed by atoms with Crippen molar-refractivity contribution in [1.82, 2.24) is 5.32 Å². The van der Waals surface area contributed by atoms with Gasteiger partial charge in [-0.2, -0.15) is 0 Å². The summed E-state index contributed by atoms with van der Waals surface area (Å²) in [5.74, 6) is -0.129. The molecule has 3 atom stereocenters. The molecule has 0 amide bonds. The van der Waals surface area contributed by atoms with Crippen molar-refractivity contribution in [1.29, 1.82) is 0 Å². The maximum Gasteiger partial charge on any atom is 0.130 e. The van der Waals surface area contributed by atoms with Gasteiger partial charge in [0.15, 0.2) is 0 Å². The first-order valence-corrected chi connectivity index (χ1v) is 7.95. The molecular weight excluding hydrogens is 267 g/mol. The number of anilines is 1. The van der Waals surface area contributed by atoms with Crippen molar-refractivity contribution in [2.24, 2.45) is 0 Å². The Kier molecular flexibility index (Phi) is 5.59. The fourth-order valence-electron chi connectivity index (χ4n) is 3.07. The van der Waals surface area contributed by atoms with Crippen LogP contribution in [0.25, 0.3) is 0 Å². The fourth-order valence-corrected chi connectivity index (χ4v) is 3.07. The summed E-state index contributed by atoms with van der Waals surface area (Å²) in [4.78, 5) is 2.25. The van der Waals surface area contributed by atoms with E-state index in [1.165, 1.54) is 0 Å². The van der Waals surface area contributed by atoms with Gasteiger partial charge in [-0.3, -0.25) is 0 Å². The van der Waals surface area contributed by atoms with E-state index in [9.17, 15) is 4.39 Å². The van der Waals surface area contributed by atoms with Crippen molar-refractivity contribution < 1.29 is 9.13 Å². The quantitative estimate of drug-likeness (QED) is 0.899. The zero-order valence-corrected chi connectivity index (χ0v) is 13.5. The first-order valence-electron chi connectivity index (χ1n) is 7.95. The Morgan fingerprint density at radius 2 is 2.00 bits per heavy atom. The number of ether oxygens (including phenoxy) is 1. The molecule has 1 N–H and O–H groups in total. The first-order chi connectivity index (χ1) is 10.0. The smallest absolute Gasteiger partial charge is 0.130 e. The molecule has 1 aromatic rings. The molecule has 0 saturated carbocycles. The highest BCUT2D eigenvalue weighted by atomic mass is 19.1. The lowest BCUT2D eigenvalue weighted by Crippen LogP contribution is -2.46. The average Bonchev–Trinajstić information content (AvgIpc) is 2.43. The maximum atomic E-state index is 14.4. The van der Waals surface area contributed by atoms with E-state index < -0.39 is 0 Å². The largest absolute Gasteiger partial charge is 0.372 e. The molecule has 2 rings (SSSR count). The number of rotatable bonds is 5. The molecule has 0 bridgehead atoms. The van der Waals surface area contributed by atoms with Crippen molar-refractivity contribution in [2.45, 2.75) is 52.4 Å². The van der Waals surface area contributed by atoms with Crippen LogP contribution in [0.5, 0.6) is 0 Å². The lowest BCUT2D eigenvalue weighted by Gasteiger charge is -2.38. The number of hydrogen-bond donors (Lipinski definition) is 1. The summed E-state index contributed by atoms with van der Waals surface area (Å²) in [5.41, 5.74) is 1.76. The van der Waals surface area contributed by atoms with Gasteiger partial charge in [0.1, 0.15) is 5.82 Å². The summed E-state index contributed by atoms with van der Waals surface area (Å²) < 4.78 is 20.2. The summed E-state index contributed by atoms with van der Waals surface area (Å²) >= 11 is 0. The monoisotopic (exact) mass is 294 g/mol. The molecule has 21 heavy (non-hydrogen) atoms. The van der Waals surface area contributed by atoms with Gasteiger partial charge in [0, 0.05) is 30.4 Å². The zero-order chi connectivity index (χ0) is 15.4. The van der Waals surface area contributed by atoms with Crippen LogP contribution < -0.4 is 10.2 Å². The molecule has 4 heteroatoms. The standard InChI is InChI=1S/C17H27FN2O/c1-5-9-19-14(4)17-15(18)7-6-8-16(17)20-10-12(2)21-13(3)11-20/h6-8,12-14,19H,5,9-11H2,1-4H3. The van der Waals surface area contributed by atoms with E-state index in [0.29, 0.717) is 0 Å². The molecule has 0 aromatic heterocycles. The molecule has 0 aliphatic carbocycles. The second kappa shape index (κ2) is 7.23. The van der Waals surface area contributed by atoms with Crippen LogP contribution in [-0.4, -0.2) is 31.8 Å². The normalized spacial score (nSPS) is 24.1. The minimum atomic E-state index is -0.129. The predicted molar refractivity (Wildman–Crippen MR) is 85.3 cm³/mol.